The summed E-state index contributed by atoms with van der Waals surface area (Å²) in [7, 11) is 1.67. The monoisotopic (exact) mass is 390 g/mol. The summed E-state index contributed by atoms with van der Waals surface area (Å²) in [5.41, 5.74) is 4.27. The molecule has 4 heteroatoms. The van der Waals surface area contributed by atoms with Crippen LogP contribution in [0.4, 0.5) is 11.4 Å². The highest BCUT2D eigenvalue weighted by Gasteiger charge is 2.06. The van der Waals surface area contributed by atoms with E-state index in [1.54, 1.807) is 7.11 Å². The van der Waals surface area contributed by atoms with Crippen molar-refractivity contribution in [2.24, 2.45) is 0 Å². The Bertz CT molecular complexity index is 802. The summed E-state index contributed by atoms with van der Waals surface area (Å²) in [4.78, 5) is 4.49. The van der Waals surface area contributed by atoms with Gasteiger partial charge in [0.05, 0.1) is 12.6 Å². The third kappa shape index (κ3) is 2.95. The molecular weight excluding hydrogens is 375 g/mol. The highest BCUT2D eigenvalue weighted by atomic mass is 127. The molecule has 2 aromatic carbocycles. The van der Waals surface area contributed by atoms with Gasteiger partial charge in [-0.05, 0) is 65.4 Å². The van der Waals surface area contributed by atoms with E-state index in [9.17, 15) is 0 Å². The van der Waals surface area contributed by atoms with Crippen LogP contribution in [0.5, 0.6) is 5.75 Å². The number of methoxy groups -OCH3 is 1. The van der Waals surface area contributed by atoms with Crippen molar-refractivity contribution in [3.63, 3.8) is 0 Å². The molecule has 3 nitrogen and oxygen atoms in total. The second-order valence-corrected chi connectivity index (χ2v) is 6.08. The molecule has 3 aromatic rings. The normalized spacial score (nSPS) is 10.6. The third-order valence-corrected chi connectivity index (χ3v) is 3.97. The molecule has 1 N–H and O–H groups in total. The van der Waals surface area contributed by atoms with Crippen LogP contribution in [-0.4, -0.2) is 12.1 Å². The van der Waals surface area contributed by atoms with Crippen molar-refractivity contribution in [2.45, 2.75) is 6.92 Å². The minimum Gasteiger partial charge on any atom is -0.497 e. The van der Waals surface area contributed by atoms with E-state index in [2.05, 4.69) is 51.9 Å². The van der Waals surface area contributed by atoms with Crippen LogP contribution in [0, 0.1) is 10.5 Å². The molecule has 0 bridgehead atoms. The van der Waals surface area contributed by atoms with Crippen LogP contribution in [0.15, 0.2) is 48.7 Å². The Morgan fingerprint density at radius 3 is 2.81 bits per heavy atom. The summed E-state index contributed by atoms with van der Waals surface area (Å²) in [6.07, 6.45) is 1.84. The average Bonchev–Trinajstić information content (AvgIpc) is 2.48. The Kier molecular flexibility index (Phi) is 3.96. The van der Waals surface area contributed by atoms with Crippen molar-refractivity contribution in [3.05, 3.63) is 57.8 Å². The van der Waals surface area contributed by atoms with Gasteiger partial charge in [-0.3, -0.25) is 4.98 Å². The molecule has 3 rings (SSSR count). The maximum absolute atomic E-state index is 5.26. The zero-order chi connectivity index (χ0) is 14.8. The first kappa shape index (κ1) is 14.1. The Balaban J connectivity index is 2.08. The number of fused-ring (bicyclic) bond motifs is 1. The van der Waals surface area contributed by atoms with Gasteiger partial charge in [0.2, 0.25) is 0 Å². The fourth-order valence-corrected chi connectivity index (χ4v) is 3.13. The molecule has 0 fully saturated rings. The molecule has 0 atom stereocenters. The predicted octanol–water partition coefficient (Wildman–Crippen LogP) is 4.90. The topological polar surface area (TPSA) is 34.1 Å². The van der Waals surface area contributed by atoms with Gasteiger partial charge in [0.25, 0.3) is 0 Å². The smallest absolute Gasteiger partial charge is 0.120 e. The standard InChI is InChI=1S/C17H15IN2O/c1-11-8-12(18)9-15-16(6-7-19-17(11)15)20-13-4-3-5-14(10-13)21-2/h3-10H,1-2H3,(H,19,20). The van der Waals surface area contributed by atoms with Gasteiger partial charge in [-0.2, -0.15) is 0 Å². The molecule has 0 unspecified atom stereocenters. The number of nitrogens with one attached hydrogen (secondary N) is 1. The Labute approximate surface area is 137 Å². The van der Waals surface area contributed by atoms with Gasteiger partial charge in [0.15, 0.2) is 0 Å². The molecule has 21 heavy (non-hydrogen) atoms. The van der Waals surface area contributed by atoms with Crippen LogP contribution >= 0.6 is 22.6 Å². The van der Waals surface area contributed by atoms with Gasteiger partial charge >= 0.3 is 0 Å². The summed E-state index contributed by atoms with van der Waals surface area (Å²) < 4.78 is 6.47. The van der Waals surface area contributed by atoms with Crippen molar-refractivity contribution < 1.29 is 4.74 Å². The van der Waals surface area contributed by atoms with Crippen LogP contribution < -0.4 is 10.1 Å². The van der Waals surface area contributed by atoms with Crippen molar-refractivity contribution in [1.82, 2.24) is 4.98 Å². The van der Waals surface area contributed by atoms with E-state index in [-0.39, 0.29) is 0 Å². The number of pyridine rings is 1. The third-order valence-electron chi connectivity index (χ3n) is 3.35. The van der Waals surface area contributed by atoms with Crippen LogP contribution in [0.25, 0.3) is 10.9 Å². The van der Waals surface area contributed by atoms with Crippen LogP contribution in [0.1, 0.15) is 5.56 Å². The minimum absolute atomic E-state index is 0.837. The van der Waals surface area contributed by atoms with E-state index >= 15 is 0 Å². The maximum Gasteiger partial charge on any atom is 0.120 e. The Morgan fingerprint density at radius 2 is 2.00 bits per heavy atom. The SMILES string of the molecule is COc1cccc(Nc2ccnc3c(C)cc(I)cc23)c1. The molecule has 1 heterocycles. The van der Waals surface area contributed by atoms with E-state index in [0.29, 0.717) is 0 Å². The molecule has 0 spiro atoms. The number of aromatic nitrogens is 1. The summed E-state index contributed by atoms with van der Waals surface area (Å²) in [6, 6.07) is 14.2. The van der Waals surface area contributed by atoms with E-state index in [1.165, 1.54) is 9.13 Å². The van der Waals surface area contributed by atoms with E-state index in [4.69, 9.17) is 4.74 Å². The average molecular weight is 390 g/mol. The molecule has 0 aliphatic carbocycles. The highest BCUT2D eigenvalue weighted by Crippen LogP contribution is 2.29. The molecule has 0 aliphatic heterocycles. The number of halogens is 1. The first-order chi connectivity index (χ1) is 10.2. The van der Waals surface area contributed by atoms with Crippen LogP contribution in [-0.2, 0) is 0 Å². The van der Waals surface area contributed by atoms with Gasteiger partial charge in [-0.25, -0.2) is 0 Å². The maximum atomic E-state index is 5.26. The summed E-state index contributed by atoms with van der Waals surface area (Å²) >= 11 is 2.34. The number of hydrogen-bond donors (Lipinski definition) is 1. The molecule has 1 aromatic heterocycles. The van der Waals surface area contributed by atoms with Gasteiger partial charge < -0.3 is 10.1 Å². The van der Waals surface area contributed by atoms with Crippen LogP contribution in [0.3, 0.4) is 0 Å². The molecular formula is C17H15IN2O. The summed E-state index contributed by atoms with van der Waals surface area (Å²) in [6.45, 7) is 2.09. The fraction of sp³-hybridized carbons (Fsp3) is 0.118. The quantitative estimate of drug-likeness (QED) is 0.646. The Morgan fingerprint density at radius 1 is 1.14 bits per heavy atom. The Hall–Kier alpha value is -1.82. The number of ether oxygens (including phenoxy) is 1. The molecule has 0 saturated heterocycles. The predicted molar refractivity (Wildman–Crippen MR) is 95.5 cm³/mol. The van der Waals surface area contributed by atoms with Crippen molar-refractivity contribution >= 4 is 44.9 Å². The lowest BCUT2D eigenvalue weighted by atomic mass is 10.1. The van der Waals surface area contributed by atoms with Gasteiger partial charge in [-0.1, -0.05) is 6.07 Å². The van der Waals surface area contributed by atoms with Crippen molar-refractivity contribution in [2.75, 3.05) is 12.4 Å². The van der Waals surface area contributed by atoms with E-state index < -0.39 is 0 Å². The number of anilines is 2. The highest BCUT2D eigenvalue weighted by molar-refractivity contribution is 14.1. The number of hydrogen-bond acceptors (Lipinski definition) is 3. The number of rotatable bonds is 3. The first-order valence-electron chi connectivity index (χ1n) is 6.63. The van der Waals surface area contributed by atoms with Crippen LogP contribution in [0.2, 0.25) is 0 Å². The molecule has 0 radical (unpaired) electrons. The lowest BCUT2D eigenvalue weighted by Crippen LogP contribution is -1.95. The zero-order valence-corrected chi connectivity index (χ0v) is 14.0. The van der Waals surface area contributed by atoms with Crippen molar-refractivity contribution in [1.29, 1.82) is 0 Å². The van der Waals surface area contributed by atoms with Gasteiger partial charge in [0, 0.05) is 32.6 Å². The summed E-state index contributed by atoms with van der Waals surface area (Å²) in [5.74, 6) is 0.837. The summed E-state index contributed by atoms with van der Waals surface area (Å²) in [5, 5.41) is 4.58. The van der Waals surface area contributed by atoms with Gasteiger partial charge in [0.1, 0.15) is 5.75 Å². The fourth-order valence-electron chi connectivity index (χ4n) is 2.35. The second-order valence-electron chi connectivity index (χ2n) is 4.83. The van der Waals surface area contributed by atoms with E-state index in [0.717, 1.165) is 28.0 Å². The minimum atomic E-state index is 0.837. The lowest BCUT2D eigenvalue weighted by Gasteiger charge is -2.12. The first-order valence-corrected chi connectivity index (χ1v) is 7.71. The largest absolute Gasteiger partial charge is 0.497 e. The van der Waals surface area contributed by atoms with Gasteiger partial charge in [-0.15, -0.1) is 0 Å². The molecule has 106 valence electrons. The number of nitrogens with zero attached hydrogens (tertiary/aromatic N) is 1. The molecule has 0 saturated carbocycles. The van der Waals surface area contributed by atoms with E-state index in [1.807, 2.05) is 36.5 Å². The number of benzene rings is 2. The second kappa shape index (κ2) is 5.89. The molecule has 0 amide bonds. The number of aryl methyl sites for hydroxylation is 1. The zero-order valence-electron chi connectivity index (χ0n) is 11.9. The molecule has 0 aliphatic rings. The van der Waals surface area contributed by atoms with Crippen molar-refractivity contribution in [3.8, 4) is 5.75 Å². The lowest BCUT2D eigenvalue weighted by molar-refractivity contribution is 0.415.